The number of hydrogen-bond acceptors (Lipinski definition) is 5. The van der Waals surface area contributed by atoms with Gasteiger partial charge in [0, 0.05) is 5.56 Å². The zero-order valence-electron chi connectivity index (χ0n) is 17.0. The Morgan fingerprint density at radius 2 is 1.82 bits per heavy atom. The Morgan fingerprint density at radius 3 is 2.42 bits per heavy atom. The minimum Gasteiger partial charge on any atom is -0.460 e. The molecule has 0 saturated heterocycles. The number of rotatable bonds is 3. The molecular formula is C21H14ClF5N4O2. The second-order valence-electron chi connectivity index (χ2n) is 7.00. The van der Waals surface area contributed by atoms with Gasteiger partial charge in [-0.25, -0.2) is 23.2 Å². The zero-order valence-corrected chi connectivity index (χ0v) is 17.8. The van der Waals surface area contributed by atoms with E-state index < -0.39 is 57.2 Å². The third kappa shape index (κ3) is 3.86. The first-order valence-electron chi connectivity index (χ1n) is 9.61. The molecule has 3 aromatic rings. The number of esters is 1. The molecule has 0 radical (unpaired) electrons. The van der Waals surface area contributed by atoms with E-state index in [0.29, 0.717) is 6.07 Å². The van der Waals surface area contributed by atoms with Crippen LogP contribution in [-0.4, -0.2) is 33.1 Å². The lowest BCUT2D eigenvalue weighted by atomic mass is 9.97. The summed E-state index contributed by atoms with van der Waals surface area (Å²) in [7, 11) is 0. The molecule has 0 fully saturated rings. The van der Waals surface area contributed by atoms with Crippen LogP contribution in [0.3, 0.4) is 0 Å². The van der Waals surface area contributed by atoms with Crippen LogP contribution in [0.25, 0.3) is 5.69 Å². The van der Waals surface area contributed by atoms with E-state index >= 15 is 0 Å². The van der Waals surface area contributed by atoms with Crippen LogP contribution in [0.15, 0.2) is 35.3 Å². The van der Waals surface area contributed by atoms with Crippen molar-refractivity contribution in [3.8, 4) is 5.69 Å². The summed E-state index contributed by atoms with van der Waals surface area (Å²) in [6.45, 7) is 3.11. The van der Waals surface area contributed by atoms with Gasteiger partial charge in [-0.2, -0.15) is 13.2 Å². The Hall–Kier alpha value is -3.34. The van der Waals surface area contributed by atoms with Crippen LogP contribution in [0.5, 0.6) is 0 Å². The molecule has 1 aliphatic rings. The smallest absolute Gasteiger partial charge is 0.417 e. The molecule has 0 N–H and O–H groups in total. The van der Waals surface area contributed by atoms with Crippen LogP contribution in [-0.2, 0) is 10.9 Å². The molecule has 4 rings (SSSR count). The number of hydrogen-bond donors (Lipinski definition) is 0. The monoisotopic (exact) mass is 484 g/mol. The zero-order chi connectivity index (χ0) is 24.1. The van der Waals surface area contributed by atoms with Crippen molar-refractivity contribution in [1.82, 2.24) is 14.8 Å². The second kappa shape index (κ2) is 8.22. The van der Waals surface area contributed by atoms with Crippen molar-refractivity contribution in [3.63, 3.8) is 0 Å². The number of fused-ring (bicyclic) bond motifs is 3. The fraction of sp³-hybridized carbons (Fsp3) is 0.238. The number of aliphatic imine (C=N–C) groups is 1. The summed E-state index contributed by atoms with van der Waals surface area (Å²) < 4.78 is 76.1. The largest absolute Gasteiger partial charge is 0.460 e. The van der Waals surface area contributed by atoms with E-state index in [4.69, 9.17) is 16.3 Å². The number of carbonyl (C=O) groups is 1. The molecule has 172 valence electrons. The standard InChI is InChI=1S/C21H14ClF5N4O2/c1-3-33-20(32)18-29-19-9(2)28-17(14-11(23)5-4-6-12(14)24)15-13(31(19)30-18)8-7-10(16(15)22)21(25,26)27/h4-9H,3H2,1-2H3/t9-/m0/s1. The molecule has 0 saturated carbocycles. The Labute approximate surface area is 188 Å². The molecule has 2 aromatic carbocycles. The number of halogens is 6. The summed E-state index contributed by atoms with van der Waals surface area (Å²) in [5, 5.41) is 3.23. The minimum absolute atomic E-state index is 0.0434. The number of aromatic nitrogens is 3. The lowest BCUT2D eigenvalue weighted by Crippen LogP contribution is -2.16. The van der Waals surface area contributed by atoms with E-state index in [-0.39, 0.29) is 23.9 Å². The van der Waals surface area contributed by atoms with Crippen molar-refractivity contribution < 1.29 is 31.5 Å². The molecule has 1 aliphatic heterocycles. The summed E-state index contributed by atoms with van der Waals surface area (Å²) in [6, 6.07) is 3.79. The Kier molecular flexibility index (Phi) is 5.69. The van der Waals surface area contributed by atoms with Crippen LogP contribution in [0.4, 0.5) is 22.0 Å². The number of alkyl halides is 3. The van der Waals surface area contributed by atoms with Crippen molar-refractivity contribution in [3.05, 3.63) is 75.3 Å². The first-order chi connectivity index (χ1) is 15.5. The molecule has 0 unspecified atom stereocenters. The lowest BCUT2D eigenvalue weighted by Gasteiger charge is -2.17. The number of nitrogens with zero attached hydrogens (tertiary/aromatic N) is 4. The molecule has 2 heterocycles. The molecule has 6 nitrogen and oxygen atoms in total. The molecular weight excluding hydrogens is 471 g/mol. The summed E-state index contributed by atoms with van der Waals surface area (Å²) >= 11 is 6.17. The molecule has 12 heteroatoms. The van der Waals surface area contributed by atoms with Gasteiger partial charge >= 0.3 is 12.1 Å². The third-order valence-electron chi connectivity index (χ3n) is 4.88. The third-order valence-corrected chi connectivity index (χ3v) is 5.27. The predicted molar refractivity (Wildman–Crippen MR) is 108 cm³/mol. The van der Waals surface area contributed by atoms with Crippen LogP contribution in [0.2, 0.25) is 5.02 Å². The average molecular weight is 485 g/mol. The summed E-state index contributed by atoms with van der Waals surface area (Å²) in [5.41, 5.74) is -2.80. The Bertz CT molecular complexity index is 1280. The highest BCUT2D eigenvalue weighted by Crippen LogP contribution is 2.41. The normalized spacial score (nSPS) is 15.4. The molecule has 0 spiro atoms. The topological polar surface area (TPSA) is 69.4 Å². The van der Waals surface area contributed by atoms with Gasteiger partial charge in [-0.05, 0) is 38.1 Å². The highest BCUT2D eigenvalue weighted by atomic mass is 35.5. The SMILES string of the molecule is CCOC(=O)c1nc2n(n1)-c1ccc(C(F)(F)F)c(Cl)c1C(c1c(F)cccc1F)=N[C@H]2C. The van der Waals surface area contributed by atoms with Crippen molar-refractivity contribution in [2.45, 2.75) is 26.1 Å². The van der Waals surface area contributed by atoms with Gasteiger partial charge in [0.25, 0.3) is 5.82 Å². The fourth-order valence-electron chi connectivity index (χ4n) is 3.47. The average Bonchev–Trinajstić information content (AvgIpc) is 3.13. The van der Waals surface area contributed by atoms with E-state index in [1.165, 1.54) is 6.92 Å². The highest BCUT2D eigenvalue weighted by Gasteiger charge is 2.38. The van der Waals surface area contributed by atoms with Gasteiger partial charge < -0.3 is 4.74 Å². The maximum absolute atomic E-state index is 14.7. The van der Waals surface area contributed by atoms with Gasteiger partial charge in [0.2, 0.25) is 0 Å². The van der Waals surface area contributed by atoms with E-state index in [1.807, 2.05) is 0 Å². The van der Waals surface area contributed by atoms with Gasteiger partial charge in [-0.3, -0.25) is 4.99 Å². The molecule has 0 bridgehead atoms. The fourth-order valence-corrected chi connectivity index (χ4v) is 3.83. The van der Waals surface area contributed by atoms with Crippen molar-refractivity contribution in [1.29, 1.82) is 0 Å². The molecule has 1 atom stereocenters. The first kappa shape index (κ1) is 22.8. The van der Waals surface area contributed by atoms with E-state index in [2.05, 4.69) is 15.1 Å². The van der Waals surface area contributed by atoms with Gasteiger partial charge in [0.1, 0.15) is 17.7 Å². The van der Waals surface area contributed by atoms with Gasteiger partial charge in [0.05, 0.1) is 34.2 Å². The van der Waals surface area contributed by atoms with Crippen LogP contribution >= 0.6 is 11.6 Å². The Morgan fingerprint density at radius 1 is 1.15 bits per heavy atom. The number of ether oxygens (including phenoxy) is 1. The van der Waals surface area contributed by atoms with Crippen LogP contribution in [0, 0.1) is 11.6 Å². The predicted octanol–water partition coefficient (Wildman–Crippen LogP) is 5.31. The second-order valence-corrected chi connectivity index (χ2v) is 7.37. The van der Waals surface area contributed by atoms with Gasteiger partial charge in [0.15, 0.2) is 5.82 Å². The summed E-state index contributed by atoms with van der Waals surface area (Å²) in [5.74, 6) is -3.24. The maximum atomic E-state index is 14.7. The van der Waals surface area contributed by atoms with Gasteiger partial charge in [-0.15, -0.1) is 5.10 Å². The van der Waals surface area contributed by atoms with Gasteiger partial charge in [-0.1, -0.05) is 17.7 Å². The molecule has 1 aromatic heterocycles. The van der Waals surface area contributed by atoms with Crippen molar-refractivity contribution in [2.24, 2.45) is 4.99 Å². The van der Waals surface area contributed by atoms with Crippen LogP contribution < -0.4 is 0 Å². The quantitative estimate of drug-likeness (QED) is 0.373. The molecule has 0 aliphatic carbocycles. The first-order valence-corrected chi connectivity index (χ1v) is 9.99. The summed E-state index contributed by atoms with van der Waals surface area (Å²) in [6.07, 6.45) is -4.86. The van der Waals surface area contributed by atoms with Crippen molar-refractivity contribution >= 4 is 23.3 Å². The van der Waals surface area contributed by atoms with E-state index in [9.17, 15) is 26.7 Å². The molecule has 0 amide bonds. The summed E-state index contributed by atoms with van der Waals surface area (Å²) in [4.78, 5) is 20.5. The molecule has 33 heavy (non-hydrogen) atoms. The maximum Gasteiger partial charge on any atom is 0.417 e. The van der Waals surface area contributed by atoms with Crippen molar-refractivity contribution in [2.75, 3.05) is 6.61 Å². The lowest BCUT2D eigenvalue weighted by molar-refractivity contribution is -0.137. The minimum atomic E-state index is -4.86. The number of carbonyl (C=O) groups excluding carboxylic acids is 1. The van der Waals surface area contributed by atoms with E-state index in [0.717, 1.165) is 28.9 Å². The van der Waals surface area contributed by atoms with E-state index in [1.54, 1.807) is 6.92 Å². The van der Waals surface area contributed by atoms with Crippen LogP contribution in [0.1, 0.15) is 53.0 Å². The number of benzene rings is 2. The Balaban J connectivity index is 2.07. The highest BCUT2D eigenvalue weighted by molar-refractivity contribution is 6.37.